The monoisotopic (exact) mass is 300 g/mol. The van der Waals surface area contributed by atoms with Crippen molar-refractivity contribution in [3.8, 4) is 5.75 Å². The summed E-state index contributed by atoms with van der Waals surface area (Å²) in [6.45, 7) is 10.0. The highest BCUT2D eigenvalue weighted by atomic mass is 16.5. The van der Waals surface area contributed by atoms with E-state index in [1.165, 1.54) is 5.56 Å². The molecule has 4 heterocycles. The normalized spacial score (nSPS) is 46.1. The number of ether oxygens (including phenoxy) is 1. The maximum atomic E-state index is 12.8. The largest absolute Gasteiger partial charge is 0.497 e. The first-order valence-electron chi connectivity index (χ1n) is 8.01. The van der Waals surface area contributed by atoms with E-state index in [2.05, 4.69) is 42.7 Å². The molecule has 4 bridgehead atoms. The lowest BCUT2D eigenvalue weighted by Gasteiger charge is -2.69. The van der Waals surface area contributed by atoms with Crippen LogP contribution in [0.3, 0.4) is 0 Å². The highest BCUT2D eigenvalue weighted by Gasteiger charge is 2.65. The second-order valence-corrected chi connectivity index (χ2v) is 7.91. The van der Waals surface area contributed by atoms with Crippen molar-refractivity contribution >= 4 is 5.78 Å². The van der Waals surface area contributed by atoms with Crippen LogP contribution in [-0.4, -0.2) is 48.9 Å². The average Bonchev–Trinajstić information content (AvgIpc) is 2.48. The van der Waals surface area contributed by atoms with Crippen LogP contribution < -0.4 is 4.74 Å². The van der Waals surface area contributed by atoms with Crippen molar-refractivity contribution in [1.29, 1.82) is 0 Å². The SMILES string of the molecule is COc1ccc(C2(C)N3CC4(C)CN2CC(C)(C3)C4=O)cc1. The van der Waals surface area contributed by atoms with Gasteiger partial charge < -0.3 is 4.74 Å². The lowest BCUT2D eigenvalue weighted by Crippen LogP contribution is -2.80. The lowest BCUT2D eigenvalue weighted by molar-refractivity contribution is -0.228. The molecule has 0 aromatic heterocycles. The van der Waals surface area contributed by atoms with Crippen LogP contribution in [0.4, 0.5) is 0 Å². The zero-order valence-electron chi connectivity index (χ0n) is 13.8. The second-order valence-electron chi connectivity index (χ2n) is 7.91. The molecule has 1 aromatic carbocycles. The third-order valence-corrected chi connectivity index (χ3v) is 6.12. The zero-order chi connectivity index (χ0) is 15.8. The first-order valence-corrected chi connectivity index (χ1v) is 8.01. The Bertz CT molecular complexity index is 597. The van der Waals surface area contributed by atoms with E-state index in [9.17, 15) is 4.79 Å². The van der Waals surface area contributed by atoms with E-state index < -0.39 is 0 Å². The fourth-order valence-corrected chi connectivity index (χ4v) is 5.00. The Morgan fingerprint density at radius 2 is 1.36 bits per heavy atom. The molecule has 22 heavy (non-hydrogen) atoms. The molecule has 4 saturated heterocycles. The molecule has 0 radical (unpaired) electrons. The molecular formula is C18H24N2O2. The maximum Gasteiger partial charge on any atom is 0.149 e. The summed E-state index contributed by atoms with van der Waals surface area (Å²) in [5, 5.41) is 0. The third-order valence-electron chi connectivity index (χ3n) is 6.12. The van der Waals surface area contributed by atoms with Crippen LogP contribution in [0.1, 0.15) is 26.3 Å². The van der Waals surface area contributed by atoms with Crippen molar-refractivity contribution in [1.82, 2.24) is 9.80 Å². The van der Waals surface area contributed by atoms with Crippen LogP contribution >= 0.6 is 0 Å². The van der Waals surface area contributed by atoms with Crippen LogP contribution in [0, 0.1) is 10.8 Å². The Balaban J connectivity index is 1.77. The number of rotatable bonds is 2. The number of ketones is 1. The quantitative estimate of drug-likeness (QED) is 0.837. The van der Waals surface area contributed by atoms with E-state index in [-0.39, 0.29) is 16.5 Å². The minimum atomic E-state index is -0.211. The molecule has 0 spiro atoms. The topological polar surface area (TPSA) is 32.8 Å². The molecule has 118 valence electrons. The Morgan fingerprint density at radius 1 is 0.909 bits per heavy atom. The number of Topliss-reactive ketones (excluding diaryl/α,β-unsaturated/α-hetero) is 1. The van der Waals surface area contributed by atoms with Gasteiger partial charge in [0.25, 0.3) is 0 Å². The molecule has 4 fully saturated rings. The Kier molecular flexibility index (Phi) is 2.66. The van der Waals surface area contributed by atoms with E-state index >= 15 is 0 Å². The summed E-state index contributed by atoms with van der Waals surface area (Å²) in [5.41, 5.74) is 0.743. The molecule has 1 aromatic rings. The predicted octanol–water partition coefficient (Wildman–Crippen LogP) is 2.09. The Morgan fingerprint density at radius 3 is 1.77 bits per heavy atom. The van der Waals surface area contributed by atoms with Gasteiger partial charge in [-0.2, -0.15) is 0 Å². The van der Waals surface area contributed by atoms with Gasteiger partial charge in [-0.1, -0.05) is 26.0 Å². The van der Waals surface area contributed by atoms with Crippen LogP contribution in [0.15, 0.2) is 24.3 Å². The molecule has 5 rings (SSSR count). The number of hydrogen-bond donors (Lipinski definition) is 0. The van der Waals surface area contributed by atoms with Crippen LogP contribution in [0.25, 0.3) is 0 Å². The van der Waals surface area contributed by atoms with Gasteiger partial charge in [0.15, 0.2) is 0 Å². The van der Waals surface area contributed by atoms with E-state index in [0.717, 1.165) is 31.9 Å². The predicted molar refractivity (Wildman–Crippen MR) is 84.7 cm³/mol. The smallest absolute Gasteiger partial charge is 0.149 e. The van der Waals surface area contributed by atoms with Crippen molar-refractivity contribution < 1.29 is 9.53 Å². The van der Waals surface area contributed by atoms with Gasteiger partial charge in [0, 0.05) is 26.2 Å². The van der Waals surface area contributed by atoms with E-state index in [1.807, 2.05) is 12.1 Å². The molecule has 0 aliphatic carbocycles. The molecule has 0 saturated carbocycles. The molecule has 0 atom stereocenters. The summed E-state index contributed by atoms with van der Waals surface area (Å²) < 4.78 is 5.28. The van der Waals surface area contributed by atoms with Gasteiger partial charge in [0.2, 0.25) is 0 Å². The number of carbonyl (C=O) groups is 1. The molecule has 4 aliphatic rings. The van der Waals surface area contributed by atoms with Crippen LogP contribution in [-0.2, 0) is 10.5 Å². The molecule has 4 nitrogen and oxygen atoms in total. The van der Waals surface area contributed by atoms with E-state index in [0.29, 0.717) is 5.78 Å². The number of nitrogens with zero attached hydrogens (tertiary/aromatic N) is 2. The molecule has 0 N–H and O–H groups in total. The third kappa shape index (κ3) is 1.57. The fourth-order valence-electron chi connectivity index (χ4n) is 5.00. The van der Waals surface area contributed by atoms with Gasteiger partial charge in [-0.05, 0) is 24.6 Å². The summed E-state index contributed by atoms with van der Waals surface area (Å²) in [5.74, 6) is 1.35. The summed E-state index contributed by atoms with van der Waals surface area (Å²) in [6, 6.07) is 8.38. The molecule has 4 aliphatic heterocycles. The van der Waals surface area contributed by atoms with E-state index in [4.69, 9.17) is 4.74 Å². The van der Waals surface area contributed by atoms with Gasteiger partial charge in [0.05, 0.1) is 23.6 Å². The molecule has 0 amide bonds. The van der Waals surface area contributed by atoms with Crippen molar-refractivity contribution in [2.24, 2.45) is 10.8 Å². The van der Waals surface area contributed by atoms with Gasteiger partial charge in [-0.3, -0.25) is 14.6 Å². The summed E-state index contributed by atoms with van der Waals surface area (Å²) in [7, 11) is 1.69. The minimum absolute atomic E-state index is 0.119. The van der Waals surface area contributed by atoms with Crippen molar-refractivity contribution in [2.75, 3.05) is 33.3 Å². The van der Waals surface area contributed by atoms with Crippen LogP contribution in [0.5, 0.6) is 5.75 Å². The number of methoxy groups -OCH3 is 1. The molecular weight excluding hydrogens is 276 g/mol. The molecule has 4 heteroatoms. The molecule has 0 unspecified atom stereocenters. The lowest BCUT2D eigenvalue weighted by atomic mass is 9.60. The van der Waals surface area contributed by atoms with Crippen molar-refractivity contribution in [2.45, 2.75) is 26.4 Å². The highest BCUT2D eigenvalue weighted by Crippen LogP contribution is 2.54. The first kappa shape index (κ1) is 14.2. The fraction of sp³-hybridized carbons (Fsp3) is 0.611. The van der Waals surface area contributed by atoms with Gasteiger partial charge >= 0.3 is 0 Å². The standard InChI is InChI=1S/C18H24N2O2/c1-16-9-19-11-17(2,15(16)21)12-20(10-16)18(19,3)13-5-7-14(22-4)8-6-13/h5-8H,9-12H2,1-4H3. The highest BCUT2D eigenvalue weighted by molar-refractivity contribution is 5.92. The number of benzene rings is 1. The number of carbonyl (C=O) groups excluding carboxylic acids is 1. The number of piperidine rings is 2. The summed E-state index contributed by atoms with van der Waals surface area (Å²) in [4.78, 5) is 17.8. The van der Waals surface area contributed by atoms with Gasteiger partial charge in [0.1, 0.15) is 11.5 Å². The van der Waals surface area contributed by atoms with Gasteiger partial charge in [-0.15, -0.1) is 0 Å². The summed E-state index contributed by atoms with van der Waals surface area (Å²) in [6.07, 6.45) is 0. The van der Waals surface area contributed by atoms with Crippen molar-refractivity contribution in [3.05, 3.63) is 29.8 Å². The van der Waals surface area contributed by atoms with E-state index in [1.54, 1.807) is 7.11 Å². The maximum absolute atomic E-state index is 12.8. The second kappa shape index (κ2) is 4.12. The number of hydrogen-bond acceptors (Lipinski definition) is 4. The summed E-state index contributed by atoms with van der Waals surface area (Å²) >= 11 is 0. The van der Waals surface area contributed by atoms with Crippen molar-refractivity contribution in [3.63, 3.8) is 0 Å². The average molecular weight is 300 g/mol. The zero-order valence-corrected chi connectivity index (χ0v) is 13.8. The Labute approximate surface area is 132 Å². The van der Waals surface area contributed by atoms with Crippen LogP contribution in [0.2, 0.25) is 0 Å². The first-order chi connectivity index (χ1) is 10.3. The Hall–Kier alpha value is -1.39. The van der Waals surface area contributed by atoms with Gasteiger partial charge in [-0.25, -0.2) is 0 Å². The minimum Gasteiger partial charge on any atom is -0.497 e.